The third kappa shape index (κ3) is 4.29. The molecule has 2 heterocycles. The van der Waals surface area contributed by atoms with E-state index in [2.05, 4.69) is 10.3 Å². The smallest absolute Gasteiger partial charge is 0.276 e. The third-order valence-electron chi connectivity index (χ3n) is 5.66. The average molecular weight is 469 g/mol. The van der Waals surface area contributed by atoms with Crippen molar-refractivity contribution in [2.24, 2.45) is 0 Å². The van der Waals surface area contributed by atoms with Crippen LogP contribution in [0.2, 0.25) is 5.02 Å². The highest BCUT2D eigenvalue weighted by atomic mass is 35.5. The van der Waals surface area contributed by atoms with E-state index in [4.69, 9.17) is 11.6 Å². The van der Waals surface area contributed by atoms with E-state index in [9.17, 15) is 19.7 Å². The van der Waals surface area contributed by atoms with E-state index < -0.39 is 4.92 Å². The molecule has 0 spiro atoms. The molecule has 0 aliphatic carbocycles. The number of ketones is 1. The monoisotopic (exact) mass is 468 g/mol. The first-order chi connectivity index (χ1) is 15.8. The highest BCUT2D eigenvalue weighted by Gasteiger charge is 2.28. The van der Waals surface area contributed by atoms with Gasteiger partial charge in [0.25, 0.3) is 11.6 Å². The van der Waals surface area contributed by atoms with Gasteiger partial charge in [-0.3, -0.25) is 19.7 Å². The number of carbonyl (C=O) groups is 2. The van der Waals surface area contributed by atoms with Gasteiger partial charge in [-0.15, -0.1) is 5.10 Å². The zero-order chi connectivity index (χ0) is 23.7. The average Bonchev–Trinajstić information content (AvgIpc) is 3.19. The van der Waals surface area contributed by atoms with Crippen LogP contribution in [0.3, 0.4) is 0 Å². The first-order valence-corrected chi connectivity index (χ1v) is 10.7. The fourth-order valence-electron chi connectivity index (χ4n) is 3.88. The summed E-state index contributed by atoms with van der Waals surface area (Å²) in [7, 11) is 0. The van der Waals surface area contributed by atoms with E-state index in [-0.39, 0.29) is 23.1 Å². The number of carbonyl (C=O) groups excluding carboxylic acids is 2. The number of nitrogens with zero attached hydrogens (tertiary/aromatic N) is 6. The van der Waals surface area contributed by atoms with Crippen LogP contribution in [0.15, 0.2) is 42.5 Å². The van der Waals surface area contributed by atoms with Gasteiger partial charge in [-0.25, -0.2) is 4.68 Å². The number of hydrogen-bond acceptors (Lipinski definition) is 7. The Kier molecular flexibility index (Phi) is 6.10. The molecule has 0 bridgehead atoms. The molecule has 0 N–H and O–H groups in total. The van der Waals surface area contributed by atoms with Gasteiger partial charge in [0.1, 0.15) is 0 Å². The SMILES string of the molecule is CC(=O)c1ccccc1-n1nnc(C(=O)N2CCN(c3ccc([N+](=O)[O-])cc3Cl)CC2)c1C. The molecule has 0 atom stereocenters. The molecule has 0 saturated carbocycles. The van der Waals surface area contributed by atoms with E-state index >= 15 is 0 Å². The van der Waals surface area contributed by atoms with Gasteiger partial charge in [-0.1, -0.05) is 28.9 Å². The van der Waals surface area contributed by atoms with Crippen LogP contribution in [0.4, 0.5) is 11.4 Å². The quantitative estimate of drug-likeness (QED) is 0.320. The number of rotatable bonds is 5. The van der Waals surface area contributed by atoms with Crippen molar-refractivity contribution < 1.29 is 14.5 Å². The molecule has 3 aromatic rings. The zero-order valence-corrected chi connectivity index (χ0v) is 18.8. The lowest BCUT2D eigenvalue weighted by molar-refractivity contribution is -0.384. The minimum atomic E-state index is -0.490. The standard InChI is InChI=1S/C22H21ClN6O4/c1-14-21(24-25-28(14)19-6-4-3-5-17(19)15(2)30)22(31)27-11-9-26(10-12-27)20-8-7-16(29(32)33)13-18(20)23/h3-8,13H,9-12H2,1-2H3. The van der Waals surface area contributed by atoms with Crippen LogP contribution < -0.4 is 4.90 Å². The number of piperazine rings is 1. The van der Waals surface area contributed by atoms with Gasteiger partial charge in [0.2, 0.25) is 0 Å². The molecular formula is C22H21ClN6O4. The molecule has 4 rings (SSSR count). The number of halogens is 1. The van der Waals surface area contributed by atoms with E-state index in [0.29, 0.717) is 53.8 Å². The van der Waals surface area contributed by atoms with E-state index in [0.717, 1.165) is 0 Å². The third-order valence-corrected chi connectivity index (χ3v) is 5.96. The van der Waals surface area contributed by atoms with Crippen LogP contribution in [0, 0.1) is 17.0 Å². The van der Waals surface area contributed by atoms with Crippen molar-refractivity contribution in [3.05, 3.63) is 74.6 Å². The predicted octanol–water partition coefficient (Wildman–Crippen LogP) is 3.30. The van der Waals surface area contributed by atoms with Crippen molar-refractivity contribution >= 4 is 34.7 Å². The summed E-state index contributed by atoms with van der Waals surface area (Å²) in [5.41, 5.74) is 2.48. The van der Waals surface area contributed by atoms with Crippen molar-refractivity contribution in [1.82, 2.24) is 19.9 Å². The number of para-hydroxylation sites is 1. The molecule has 10 nitrogen and oxygen atoms in total. The number of Topliss-reactive ketones (excluding diaryl/α,β-unsaturated/α-hetero) is 1. The maximum Gasteiger partial charge on any atom is 0.276 e. The van der Waals surface area contributed by atoms with Gasteiger partial charge in [-0.05, 0) is 32.0 Å². The lowest BCUT2D eigenvalue weighted by Gasteiger charge is -2.36. The Morgan fingerprint density at radius 2 is 1.76 bits per heavy atom. The number of nitro benzene ring substituents is 1. The summed E-state index contributed by atoms with van der Waals surface area (Å²) in [6, 6.07) is 11.4. The van der Waals surface area contributed by atoms with Crippen LogP contribution in [0.1, 0.15) is 33.5 Å². The summed E-state index contributed by atoms with van der Waals surface area (Å²) in [5, 5.41) is 19.4. The molecule has 1 aromatic heterocycles. The second-order valence-electron chi connectivity index (χ2n) is 7.68. The fraction of sp³-hybridized carbons (Fsp3) is 0.273. The summed E-state index contributed by atoms with van der Waals surface area (Å²) in [5.74, 6) is -0.345. The number of amides is 1. The Labute approximate surface area is 194 Å². The summed E-state index contributed by atoms with van der Waals surface area (Å²) in [6.45, 7) is 5.13. The largest absolute Gasteiger partial charge is 0.367 e. The molecule has 0 unspecified atom stereocenters. The Bertz CT molecular complexity index is 1250. The molecule has 0 radical (unpaired) electrons. The van der Waals surface area contributed by atoms with Crippen LogP contribution in [-0.4, -0.2) is 62.7 Å². The molecular weight excluding hydrogens is 448 g/mol. The maximum absolute atomic E-state index is 13.1. The van der Waals surface area contributed by atoms with E-state index in [1.807, 2.05) is 4.90 Å². The number of anilines is 1. The Balaban J connectivity index is 1.49. The molecule has 1 aliphatic heterocycles. The number of hydrogen-bond donors (Lipinski definition) is 0. The maximum atomic E-state index is 13.1. The van der Waals surface area contributed by atoms with Crippen LogP contribution in [0.5, 0.6) is 0 Å². The van der Waals surface area contributed by atoms with E-state index in [1.165, 1.54) is 23.7 Å². The second-order valence-corrected chi connectivity index (χ2v) is 8.09. The molecule has 1 fully saturated rings. The molecule has 170 valence electrons. The van der Waals surface area contributed by atoms with Crippen LogP contribution >= 0.6 is 11.6 Å². The molecule has 1 aliphatic rings. The minimum absolute atomic E-state index is 0.0672. The fourth-order valence-corrected chi connectivity index (χ4v) is 4.17. The lowest BCUT2D eigenvalue weighted by atomic mass is 10.1. The van der Waals surface area contributed by atoms with Gasteiger partial charge in [0.05, 0.1) is 27.0 Å². The first kappa shape index (κ1) is 22.4. The second kappa shape index (κ2) is 8.99. The van der Waals surface area contributed by atoms with Crippen molar-refractivity contribution in [3.63, 3.8) is 0 Å². The van der Waals surface area contributed by atoms with Crippen molar-refractivity contribution in [2.75, 3.05) is 31.1 Å². The minimum Gasteiger partial charge on any atom is -0.367 e. The van der Waals surface area contributed by atoms with Gasteiger partial charge < -0.3 is 9.80 Å². The topological polar surface area (TPSA) is 114 Å². The molecule has 33 heavy (non-hydrogen) atoms. The molecule has 2 aromatic carbocycles. The number of nitro groups is 1. The number of aromatic nitrogens is 3. The normalized spacial score (nSPS) is 13.8. The van der Waals surface area contributed by atoms with Gasteiger partial charge in [-0.2, -0.15) is 0 Å². The predicted molar refractivity (Wildman–Crippen MR) is 122 cm³/mol. The van der Waals surface area contributed by atoms with Crippen molar-refractivity contribution in [3.8, 4) is 5.69 Å². The van der Waals surface area contributed by atoms with Crippen molar-refractivity contribution in [2.45, 2.75) is 13.8 Å². The van der Waals surface area contributed by atoms with Gasteiger partial charge >= 0.3 is 0 Å². The lowest BCUT2D eigenvalue weighted by Crippen LogP contribution is -2.49. The van der Waals surface area contributed by atoms with Crippen molar-refractivity contribution in [1.29, 1.82) is 0 Å². The number of benzene rings is 2. The van der Waals surface area contributed by atoms with E-state index in [1.54, 1.807) is 42.2 Å². The molecule has 1 saturated heterocycles. The zero-order valence-electron chi connectivity index (χ0n) is 18.1. The number of non-ortho nitro benzene ring substituents is 1. The highest BCUT2D eigenvalue weighted by molar-refractivity contribution is 6.33. The summed E-state index contributed by atoms with van der Waals surface area (Å²) in [4.78, 5) is 39.2. The summed E-state index contributed by atoms with van der Waals surface area (Å²) >= 11 is 6.25. The first-order valence-electron chi connectivity index (χ1n) is 10.3. The van der Waals surface area contributed by atoms with Gasteiger partial charge in [0.15, 0.2) is 11.5 Å². The summed E-state index contributed by atoms with van der Waals surface area (Å²) < 4.78 is 1.51. The highest BCUT2D eigenvalue weighted by Crippen LogP contribution is 2.30. The Hall–Kier alpha value is -3.79. The summed E-state index contributed by atoms with van der Waals surface area (Å²) in [6.07, 6.45) is 0. The van der Waals surface area contributed by atoms with Crippen LogP contribution in [0.25, 0.3) is 5.69 Å². The van der Waals surface area contributed by atoms with Crippen LogP contribution in [-0.2, 0) is 0 Å². The molecule has 1 amide bonds. The Morgan fingerprint density at radius 1 is 1.06 bits per heavy atom. The van der Waals surface area contributed by atoms with Gasteiger partial charge in [0, 0.05) is 43.9 Å². The Morgan fingerprint density at radius 3 is 2.39 bits per heavy atom. The molecule has 11 heteroatoms.